The van der Waals surface area contributed by atoms with Crippen LogP contribution in [0.4, 0.5) is 5.69 Å². The second kappa shape index (κ2) is 5.93. The van der Waals surface area contributed by atoms with E-state index in [1.165, 1.54) is 16.7 Å². The third-order valence-corrected chi connectivity index (χ3v) is 4.56. The quantitative estimate of drug-likeness (QED) is 0.917. The van der Waals surface area contributed by atoms with E-state index in [9.17, 15) is 4.79 Å². The zero-order valence-corrected chi connectivity index (χ0v) is 13.3. The van der Waals surface area contributed by atoms with Crippen molar-refractivity contribution in [1.29, 1.82) is 0 Å². The van der Waals surface area contributed by atoms with Crippen LogP contribution in [0.15, 0.2) is 48.5 Å². The number of nitrogens with zero attached hydrogens (tertiary/aromatic N) is 1. The number of benzene rings is 2. The number of nitrogens with one attached hydrogen (secondary N) is 1. The van der Waals surface area contributed by atoms with Crippen LogP contribution in [-0.4, -0.2) is 23.9 Å². The molecule has 2 aromatic carbocycles. The van der Waals surface area contributed by atoms with E-state index >= 15 is 0 Å². The molecule has 114 valence electrons. The van der Waals surface area contributed by atoms with Crippen LogP contribution in [0.2, 0.25) is 0 Å². The first kappa shape index (κ1) is 14.8. The molecule has 0 saturated heterocycles. The first-order chi connectivity index (χ1) is 10.6. The van der Waals surface area contributed by atoms with E-state index < -0.39 is 0 Å². The normalized spacial score (nSPS) is 21.2. The number of carbonyl (C=O) groups excluding carboxylic acids is 1. The van der Waals surface area contributed by atoms with Crippen molar-refractivity contribution >= 4 is 11.6 Å². The van der Waals surface area contributed by atoms with Gasteiger partial charge in [-0.15, -0.1) is 0 Å². The van der Waals surface area contributed by atoms with E-state index in [4.69, 9.17) is 0 Å². The second-order valence-electron chi connectivity index (χ2n) is 6.14. The van der Waals surface area contributed by atoms with E-state index in [2.05, 4.69) is 66.7 Å². The third-order valence-electron chi connectivity index (χ3n) is 4.56. The maximum Gasteiger partial charge on any atom is 0.221 e. The molecule has 2 atom stereocenters. The third kappa shape index (κ3) is 2.77. The average molecular weight is 294 g/mol. The van der Waals surface area contributed by atoms with Crippen molar-refractivity contribution in [2.24, 2.45) is 0 Å². The minimum absolute atomic E-state index is 0.0304. The van der Waals surface area contributed by atoms with Gasteiger partial charge in [0.05, 0.1) is 0 Å². The van der Waals surface area contributed by atoms with Crippen LogP contribution in [0.5, 0.6) is 0 Å². The standard InChI is InChI=1S/C19H22N2O/c1-13-19(15-7-5-4-6-8-15)18-11-17(20-14(2)22)10-9-16(18)12-21(13)3/h4-11,13,19H,12H2,1-3H3,(H,20,22). The van der Waals surface area contributed by atoms with Gasteiger partial charge >= 0.3 is 0 Å². The molecule has 1 aliphatic heterocycles. The zero-order valence-electron chi connectivity index (χ0n) is 13.3. The Kier molecular flexibility index (Phi) is 3.99. The molecule has 2 unspecified atom stereocenters. The SMILES string of the molecule is CC(=O)Nc1ccc2c(c1)C(c1ccccc1)C(C)N(C)C2. The molecule has 2 aromatic rings. The van der Waals surface area contributed by atoms with Gasteiger partial charge < -0.3 is 5.32 Å². The second-order valence-corrected chi connectivity index (χ2v) is 6.14. The van der Waals surface area contributed by atoms with Gasteiger partial charge in [0.1, 0.15) is 0 Å². The van der Waals surface area contributed by atoms with Crippen molar-refractivity contribution in [2.75, 3.05) is 12.4 Å². The van der Waals surface area contributed by atoms with Crippen LogP contribution in [0.3, 0.4) is 0 Å². The Morgan fingerprint density at radius 1 is 1.18 bits per heavy atom. The minimum atomic E-state index is -0.0304. The summed E-state index contributed by atoms with van der Waals surface area (Å²) >= 11 is 0. The summed E-state index contributed by atoms with van der Waals surface area (Å²) in [5, 5.41) is 2.90. The van der Waals surface area contributed by atoms with Crippen LogP contribution >= 0.6 is 0 Å². The largest absolute Gasteiger partial charge is 0.326 e. The summed E-state index contributed by atoms with van der Waals surface area (Å²) in [6.45, 7) is 4.76. The number of fused-ring (bicyclic) bond motifs is 1. The Labute approximate surface area is 132 Å². The molecule has 0 radical (unpaired) electrons. The fraction of sp³-hybridized carbons (Fsp3) is 0.316. The summed E-state index contributed by atoms with van der Waals surface area (Å²) in [4.78, 5) is 13.7. The number of anilines is 1. The smallest absolute Gasteiger partial charge is 0.221 e. The summed E-state index contributed by atoms with van der Waals surface area (Å²) in [6, 6.07) is 17.3. The molecule has 0 saturated carbocycles. The fourth-order valence-corrected chi connectivity index (χ4v) is 3.35. The maximum absolute atomic E-state index is 11.3. The highest BCUT2D eigenvalue weighted by atomic mass is 16.1. The molecule has 3 heteroatoms. The number of likely N-dealkylation sites (N-methyl/N-ethyl adjacent to an activating group) is 1. The average Bonchev–Trinajstić information content (AvgIpc) is 2.49. The Morgan fingerprint density at radius 2 is 1.91 bits per heavy atom. The van der Waals surface area contributed by atoms with Gasteiger partial charge in [-0.3, -0.25) is 9.69 Å². The predicted octanol–water partition coefficient (Wildman–Crippen LogP) is 3.61. The van der Waals surface area contributed by atoms with Crippen LogP contribution in [0.25, 0.3) is 0 Å². The number of rotatable bonds is 2. The van der Waals surface area contributed by atoms with Crippen molar-refractivity contribution in [3.8, 4) is 0 Å². The summed E-state index contributed by atoms with van der Waals surface area (Å²) in [5.74, 6) is 0.292. The van der Waals surface area contributed by atoms with Crippen LogP contribution in [0, 0.1) is 0 Å². The zero-order chi connectivity index (χ0) is 15.7. The summed E-state index contributed by atoms with van der Waals surface area (Å²) in [7, 11) is 2.17. The molecule has 0 bridgehead atoms. The van der Waals surface area contributed by atoms with Gasteiger partial charge in [-0.25, -0.2) is 0 Å². The fourth-order valence-electron chi connectivity index (χ4n) is 3.35. The molecule has 0 aliphatic carbocycles. The Morgan fingerprint density at radius 3 is 2.59 bits per heavy atom. The molecular formula is C19H22N2O. The van der Waals surface area contributed by atoms with Gasteiger partial charge in [0.2, 0.25) is 5.91 Å². The Balaban J connectivity index is 2.08. The topological polar surface area (TPSA) is 32.3 Å². The summed E-state index contributed by atoms with van der Waals surface area (Å²) < 4.78 is 0. The van der Waals surface area contributed by atoms with Gasteiger partial charge in [0, 0.05) is 31.1 Å². The molecule has 0 aromatic heterocycles. The first-order valence-electron chi connectivity index (χ1n) is 7.72. The molecule has 1 amide bonds. The lowest BCUT2D eigenvalue weighted by Gasteiger charge is -2.39. The predicted molar refractivity (Wildman–Crippen MR) is 90.0 cm³/mol. The van der Waals surface area contributed by atoms with Gasteiger partial charge in [0.25, 0.3) is 0 Å². The lowest BCUT2D eigenvalue weighted by molar-refractivity contribution is -0.114. The monoisotopic (exact) mass is 294 g/mol. The van der Waals surface area contributed by atoms with Crippen molar-refractivity contribution in [1.82, 2.24) is 4.90 Å². The van der Waals surface area contributed by atoms with E-state index in [0.717, 1.165) is 12.2 Å². The highest BCUT2D eigenvalue weighted by molar-refractivity contribution is 5.88. The highest BCUT2D eigenvalue weighted by Gasteiger charge is 2.31. The first-order valence-corrected chi connectivity index (χ1v) is 7.72. The highest BCUT2D eigenvalue weighted by Crippen LogP contribution is 2.38. The van der Waals surface area contributed by atoms with Crippen molar-refractivity contribution in [2.45, 2.75) is 32.4 Å². The number of carbonyl (C=O) groups is 1. The molecule has 3 nitrogen and oxygen atoms in total. The Bertz CT molecular complexity index is 681. The van der Waals surface area contributed by atoms with Crippen molar-refractivity contribution < 1.29 is 4.79 Å². The van der Waals surface area contributed by atoms with Crippen LogP contribution in [0.1, 0.15) is 36.5 Å². The molecule has 1 aliphatic rings. The molecule has 1 N–H and O–H groups in total. The van der Waals surface area contributed by atoms with E-state index in [1.807, 2.05) is 6.07 Å². The van der Waals surface area contributed by atoms with Crippen LogP contribution in [-0.2, 0) is 11.3 Å². The van der Waals surface area contributed by atoms with Gasteiger partial charge in [-0.1, -0.05) is 36.4 Å². The molecule has 1 heterocycles. The Hall–Kier alpha value is -2.13. The van der Waals surface area contributed by atoms with Gasteiger partial charge in [0.15, 0.2) is 0 Å². The minimum Gasteiger partial charge on any atom is -0.326 e. The maximum atomic E-state index is 11.3. The number of hydrogen-bond donors (Lipinski definition) is 1. The lowest BCUT2D eigenvalue weighted by atomic mass is 9.79. The molecule has 22 heavy (non-hydrogen) atoms. The van der Waals surface area contributed by atoms with Gasteiger partial charge in [-0.2, -0.15) is 0 Å². The van der Waals surface area contributed by atoms with Gasteiger partial charge in [-0.05, 0) is 42.8 Å². The van der Waals surface area contributed by atoms with E-state index in [1.54, 1.807) is 6.92 Å². The summed E-state index contributed by atoms with van der Waals surface area (Å²) in [6.07, 6.45) is 0. The van der Waals surface area contributed by atoms with Crippen molar-refractivity contribution in [3.05, 3.63) is 65.2 Å². The lowest BCUT2D eigenvalue weighted by Crippen LogP contribution is -2.39. The molecular weight excluding hydrogens is 272 g/mol. The molecule has 0 fully saturated rings. The van der Waals surface area contributed by atoms with E-state index in [-0.39, 0.29) is 5.91 Å². The van der Waals surface area contributed by atoms with Crippen LogP contribution < -0.4 is 5.32 Å². The molecule has 3 rings (SSSR count). The molecule has 0 spiro atoms. The summed E-state index contributed by atoms with van der Waals surface area (Å²) in [5.41, 5.74) is 4.86. The van der Waals surface area contributed by atoms with E-state index in [0.29, 0.717) is 12.0 Å². The number of amides is 1. The number of hydrogen-bond acceptors (Lipinski definition) is 2. The van der Waals surface area contributed by atoms with Crippen molar-refractivity contribution in [3.63, 3.8) is 0 Å².